The molecule has 1 aromatic carbocycles. The molecule has 106 valence electrons. The van der Waals surface area contributed by atoms with Crippen LogP contribution in [0.3, 0.4) is 0 Å². The number of hydrogen-bond donors (Lipinski definition) is 1. The summed E-state index contributed by atoms with van der Waals surface area (Å²) in [6.45, 7) is 0. The van der Waals surface area contributed by atoms with E-state index in [1.54, 1.807) is 24.3 Å². The number of carboxylic acid groups (broad SMARTS) is 1. The Kier molecular flexibility index (Phi) is 4.80. The van der Waals surface area contributed by atoms with E-state index in [2.05, 4.69) is 0 Å². The van der Waals surface area contributed by atoms with Gasteiger partial charge in [0.25, 0.3) is 0 Å². The summed E-state index contributed by atoms with van der Waals surface area (Å²) in [6.07, 6.45) is -6.03. The van der Waals surface area contributed by atoms with Gasteiger partial charge in [-0.15, -0.1) is 0 Å². The van der Waals surface area contributed by atoms with Crippen molar-refractivity contribution in [2.75, 3.05) is 19.0 Å². The molecule has 0 fully saturated rings. The molecule has 0 saturated carbocycles. The van der Waals surface area contributed by atoms with Gasteiger partial charge in [-0.3, -0.25) is 4.79 Å². The number of alkyl halides is 3. The van der Waals surface area contributed by atoms with E-state index < -0.39 is 30.9 Å². The first kappa shape index (κ1) is 15.3. The fraction of sp³-hybridized carbons (Fsp3) is 0.462. The largest absolute Gasteiger partial charge is 0.481 e. The lowest BCUT2D eigenvalue weighted by Gasteiger charge is -2.19. The minimum absolute atomic E-state index is 0.394. The summed E-state index contributed by atoms with van der Waals surface area (Å²) in [5, 5.41) is 8.71. The third-order valence-electron chi connectivity index (χ3n) is 2.78. The number of carbonyl (C=O) groups is 1. The number of nitrogens with zero attached hydrogens (tertiary/aromatic N) is 1. The van der Waals surface area contributed by atoms with Crippen molar-refractivity contribution < 1.29 is 23.1 Å². The summed E-state index contributed by atoms with van der Waals surface area (Å²) in [6, 6.07) is 6.46. The first-order valence-electron chi connectivity index (χ1n) is 5.75. The highest BCUT2D eigenvalue weighted by atomic mass is 19.4. The topological polar surface area (TPSA) is 40.5 Å². The second-order valence-corrected chi connectivity index (χ2v) is 4.60. The first-order chi connectivity index (χ1) is 8.69. The van der Waals surface area contributed by atoms with Gasteiger partial charge in [-0.05, 0) is 17.7 Å². The van der Waals surface area contributed by atoms with Gasteiger partial charge in [0.2, 0.25) is 0 Å². The lowest BCUT2D eigenvalue weighted by molar-refractivity contribution is -0.145. The predicted molar refractivity (Wildman–Crippen MR) is 66.4 cm³/mol. The van der Waals surface area contributed by atoms with Crippen LogP contribution in [0.2, 0.25) is 0 Å². The second-order valence-electron chi connectivity index (χ2n) is 4.60. The third-order valence-corrected chi connectivity index (χ3v) is 2.78. The summed E-state index contributed by atoms with van der Waals surface area (Å²) in [7, 11) is 3.64. The van der Waals surface area contributed by atoms with Gasteiger partial charge in [0.05, 0.1) is 12.8 Å². The molecule has 1 N–H and O–H groups in total. The maximum absolute atomic E-state index is 12.4. The van der Waals surface area contributed by atoms with Gasteiger partial charge in [0, 0.05) is 25.7 Å². The van der Waals surface area contributed by atoms with Crippen LogP contribution >= 0.6 is 0 Å². The molecular formula is C13H16F3NO2. The molecule has 0 heterocycles. The van der Waals surface area contributed by atoms with Crippen LogP contribution in [0.25, 0.3) is 0 Å². The van der Waals surface area contributed by atoms with Crippen molar-refractivity contribution in [3.63, 3.8) is 0 Å². The van der Waals surface area contributed by atoms with Gasteiger partial charge < -0.3 is 10.0 Å². The Bertz CT molecular complexity index is 427. The molecular weight excluding hydrogens is 259 g/mol. The molecule has 1 atom stereocenters. The predicted octanol–water partition coefficient (Wildman–Crippen LogP) is 3.26. The number of anilines is 1. The number of aliphatic carboxylic acids is 1. The fourth-order valence-corrected chi connectivity index (χ4v) is 1.84. The average Bonchev–Trinajstić information content (AvgIpc) is 2.25. The van der Waals surface area contributed by atoms with Gasteiger partial charge in [0.15, 0.2) is 0 Å². The zero-order valence-corrected chi connectivity index (χ0v) is 10.7. The van der Waals surface area contributed by atoms with Crippen molar-refractivity contribution in [1.29, 1.82) is 0 Å². The van der Waals surface area contributed by atoms with Crippen LogP contribution in [0.1, 0.15) is 24.3 Å². The lowest BCUT2D eigenvalue weighted by Crippen LogP contribution is -2.17. The molecule has 0 amide bonds. The summed E-state index contributed by atoms with van der Waals surface area (Å²) >= 11 is 0. The molecule has 0 aliphatic heterocycles. The monoisotopic (exact) mass is 275 g/mol. The normalized spacial score (nSPS) is 13.1. The summed E-state index contributed by atoms with van der Waals surface area (Å²) in [5.74, 6) is -2.28. The molecule has 0 radical (unpaired) electrons. The van der Waals surface area contributed by atoms with Gasteiger partial charge in [0.1, 0.15) is 0 Å². The molecule has 0 saturated heterocycles. The minimum atomic E-state index is -4.37. The highest BCUT2D eigenvalue weighted by molar-refractivity contribution is 5.68. The first-order valence-corrected chi connectivity index (χ1v) is 5.75. The number of halogens is 3. The number of benzene rings is 1. The standard InChI is InChI=1S/C13H16F3NO2/c1-17(2)11-5-3-9(4-6-11)10(7-12(18)19)8-13(14,15)16/h3-6,10H,7-8H2,1-2H3,(H,18,19). The van der Waals surface area contributed by atoms with Crippen LogP contribution in [0, 0.1) is 0 Å². The zero-order chi connectivity index (χ0) is 14.6. The Hall–Kier alpha value is -1.72. The smallest absolute Gasteiger partial charge is 0.389 e. The maximum Gasteiger partial charge on any atom is 0.389 e. The van der Waals surface area contributed by atoms with E-state index in [4.69, 9.17) is 5.11 Å². The SMILES string of the molecule is CN(C)c1ccc(C(CC(=O)O)CC(F)(F)F)cc1. The molecule has 6 heteroatoms. The van der Waals surface area contributed by atoms with Crippen LogP contribution in [-0.2, 0) is 4.79 Å². The second kappa shape index (κ2) is 5.95. The van der Waals surface area contributed by atoms with Crippen molar-refractivity contribution >= 4 is 11.7 Å². The van der Waals surface area contributed by atoms with E-state index in [0.717, 1.165) is 5.69 Å². The van der Waals surface area contributed by atoms with Gasteiger partial charge in [-0.1, -0.05) is 12.1 Å². The Morgan fingerprint density at radius 3 is 2.16 bits per heavy atom. The highest BCUT2D eigenvalue weighted by Gasteiger charge is 2.33. The Balaban J connectivity index is 2.93. The molecule has 0 spiro atoms. The summed E-state index contributed by atoms with van der Waals surface area (Å²) in [4.78, 5) is 12.5. The maximum atomic E-state index is 12.4. The van der Waals surface area contributed by atoms with Crippen molar-refractivity contribution in [1.82, 2.24) is 0 Å². The van der Waals surface area contributed by atoms with E-state index >= 15 is 0 Å². The van der Waals surface area contributed by atoms with E-state index in [9.17, 15) is 18.0 Å². The van der Waals surface area contributed by atoms with Crippen molar-refractivity contribution in [2.45, 2.75) is 24.9 Å². The Morgan fingerprint density at radius 2 is 1.79 bits per heavy atom. The lowest BCUT2D eigenvalue weighted by atomic mass is 9.92. The number of carboxylic acids is 1. The summed E-state index contributed by atoms with van der Waals surface area (Å²) in [5.41, 5.74) is 1.25. The molecule has 0 aliphatic rings. The molecule has 1 rings (SSSR count). The van der Waals surface area contributed by atoms with Gasteiger partial charge >= 0.3 is 12.1 Å². The molecule has 0 aromatic heterocycles. The minimum Gasteiger partial charge on any atom is -0.481 e. The number of hydrogen-bond acceptors (Lipinski definition) is 2. The molecule has 0 aliphatic carbocycles. The third kappa shape index (κ3) is 5.19. The Morgan fingerprint density at radius 1 is 1.26 bits per heavy atom. The summed E-state index contributed by atoms with van der Waals surface area (Å²) < 4.78 is 37.3. The average molecular weight is 275 g/mol. The molecule has 3 nitrogen and oxygen atoms in total. The molecule has 19 heavy (non-hydrogen) atoms. The van der Waals surface area contributed by atoms with E-state index in [1.807, 2.05) is 19.0 Å². The zero-order valence-electron chi connectivity index (χ0n) is 10.7. The van der Waals surface area contributed by atoms with Gasteiger partial charge in [-0.25, -0.2) is 0 Å². The quantitative estimate of drug-likeness (QED) is 0.896. The van der Waals surface area contributed by atoms with Crippen molar-refractivity contribution in [3.8, 4) is 0 Å². The van der Waals surface area contributed by atoms with Crippen LogP contribution in [-0.4, -0.2) is 31.3 Å². The van der Waals surface area contributed by atoms with Crippen molar-refractivity contribution in [3.05, 3.63) is 29.8 Å². The van der Waals surface area contributed by atoms with E-state index in [0.29, 0.717) is 5.56 Å². The molecule has 1 unspecified atom stereocenters. The Labute approximate surface area is 109 Å². The highest BCUT2D eigenvalue weighted by Crippen LogP contribution is 2.34. The fourth-order valence-electron chi connectivity index (χ4n) is 1.84. The molecule has 1 aromatic rings. The van der Waals surface area contributed by atoms with Crippen LogP contribution in [0.15, 0.2) is 24.3 Å². The van der Waals surface area contributed by atoms with E-state index in [1.165, 1.54) is 0 Å². The van der Waals surface area contributed by atoms with Crippen LogP contribution < -0.4 is 4.90 Å². The van der Waals surface area contributed by atoms with Crippen molar-refractivity contribution in [2.24, 2.45) is 0 Å². The van der Waals surface area contributed by atoms with Gasteiger partial charge in [-0.2, -0.15) is 13.2 Å². The van der Waals surface area contributed by atoms with Crippen LogP contribution in [0.4, 0.5) is 18.9 Å². The molecule has 0 bridgehead atoms. The van der Waals surface area contributed by atoms with E-state index in [-0.39, 0.29) is 0 Å². The van der Waals surface area contributed by atoms with Crippen LogP contribution in [0.5, 0.6) is 0 Å². The number of rotatable bonds is 5.